The van der Waals surface area contributed by atoms with Gasteiger partial charge < -0.3 is 14.9 Å². The lowest BCUT2D eigenvalue weighted by Gasteiger charge is -2.13. The van der Waals surface area contributed by atoms with E-state index in [-0.39, 0.29) is 11.2 Å². The normalized spacial score (nSPS) is 11.4. The number of anilines is 1. The summed E-state index contributed by atoms with van der Waals surface area (Å²) in [5.74, 6) is 0.214. The lowest BCUT2D eigenvalue weighted by Crippen LogP contribution is -2.09. The highest BCUT2D eigenvalue weighted by molar-refractivity contribution is 5.92. The second-order valence-corrected chi connectivity index (χ2v) is 4.14. The Morgan fingerprint density at radius 2 is 2.07 bits per heavy atom. The number of esters is 1. The zero-order valence-corrected chi connectivity index (χ0v) is 8.88. The van der Waals surface area contributed by atoms with Crippen molar-refractivity contribution >= 4 is 11.7 Å². The van der Waals surface area contributed by atoms with Crippen molar-refractivity contribution in [2.24, 2.45) is 0 Å². The van der Waals surface area contributed by atoms with Gasteiger partial charge in [0.2, 0.25) is 5.76 Å². The minimum atomic E-state index is -0.544. The Hall–Kier alpha value is -1.45. The summed E-state index contributed by atoms with van der Waals surface area (Å²) in [7, 11) is 1.29. The average molecular weight is 197 g/mol. The maximum absolute atomic E-state index is 11.2. The monoisotopic (exact) mass is 197 g/mol. The van der Waals surface area contributed by atoms with Crippen molar-refractivity contribution in [3.8, 4) is 0 Å². The van der Waals surface area contributed by atoms with E-state index in [2.05, 4.69) is 4.74 Å². The zero-order chi connectivity index (χ0) is 10.9. The predicted octanol–water partition coefficient (Wildman–Crippen LogP) is 1.95. The minimum Gasteiger partial charge on any atom is -0.463 e. The second kappa shape index (κ2) is 3.36. The van der Waals surface area contributed by atoms with E-state index in [1.54, 1.807) is 6.07 Å². The standard InChI is InChI=1S/C10H15NO3/c1-10(2,3)7-5-6(11)8(14-7)9(12)13-4/h5H,11H2,1-4H3. The molecular formula is C10H15NO3. The summed E-state index contributed by atoms with van der Waals surface area (Å²) in [6.45, 7) is 5.94. The Labute approximate surface area is 83.0 Å². The third-order valence-electron chi connectivity index (χ3n) is 1.87. The SMILES string of the molecule is COC(=O)c1oc(C(C)(C)C)cc1N. The van der Waals surface area contributed by atoms with E-state index in [0.29, 0.717) is 11.4 Å². The number of ether oxygens (including phenoxy) is 1. The smallest absolute Gasteiger partial charge is 0.376 e. The topological polar surface area (TPSA) is 65.5 Å². The van der Waals surface area contributed by atoms with Crippen LogP contribution in [-0.4, -0.2) is 13.1 Å². The van der Waals surface area contributed by atoms with Crippen LogP contribution in [-0.2, 0) is 10.2 Å². The van der Waals surface area contributed by atoms with Crippen molar-refractivity contribution in [2.75, 3.05) is 12.8 Å². The molecule has 0 aliphatic heterocycles. The molecule has 0 aromatic carbocycles. The lowest BCUT2D eigenvalue weighted by atomic mass is 9.93. The first-order valence-electron chi connectivity index (χ1n) is 4.34. The molecule has 0 amide bonds. The van der Waals surface area contributed by atoms with Crippen LogP contribution in [0.5, 0.6) is 0 Å². The van der Waals surface area contributed by atoms with E-state index in [4.69, 9.17) is 10.2 Å². The molecule has 1 aromatic heterocycles. The Balaban J connectivity index is 3.12. The third kappa shape index (κ3) is 1.89. The van der Waals surface area contributed by atoms with E-state index < -0.39 is 5.97 Å². The van der Waals surface area contributed by atoms with Crippen LogP contribution >= 0.6 is 0 Å². The molecule has 4 nitrogen and oxygen atoms in total. The van der Waals surface area contributed by atoms with Crippen LogP contribution in [0.15, 0.2) is 10.5 Å². The Morgan fingerprint density at radius 1 is 1.50 bits per heavy atom. The maximum Gasteiger partial charge on any atom is 0.376 e. The number of nitrogens with two attached hydrogens (primary N) is 1. The third-order valence-corrected chi connectivity index (χ3v) is 1.87. The molecule has 0 radical (unpaired) electrons. The second-order valence-electron chi connectivity index (χ2n) is 4.14. The van der Waals surface area contributed by atoms with Crippen molar-refractivity contribution in [1.82, 2.24) is 0 Å². The van der Waals surface area contributed by atoms with Crippen LogP contribution in [0.3, 0.4) is 0 Å². The Morgan fingerprint density at radius 3 is 2.43 bits per heavy atom. The number of hydrogen-bond donors (Lipinski definition) is 1. The first kappa shape index (κ1) is 10.6. The van der Waals surface area contributed by atoms with Gasteiger partial charge in [0.05, 0.1) is 12.8 Å². The molecule has 0 saturated heterocycles. The van der Waals surface area contributed by atoms with Crippen molar-refractivity contribution in [3.63, 3.8) is 0 Å². The van der Waals surface area contributed by atoms with Crippen molar-refractivity contribution in [2.45, 2.75) is 26.2 Å². The number of rotatable bonds is 1. The van der Waals surface area contributed by atoms with Gasteiger partial charge in [-0.2, -0.15) is 0 Å². The molecule has 0 unspecified atom stereocenters. The number of hydrogen-bond acceptors (Lipinski definition) is 4. The van der Waals surface area contributed by atoms with Crippen LogP contribution in [0.25, 0.3) is 0 Å². The molecule has 4 heteroatoms. The molecule has 0 saturated carbocycles. The number of carbonyl (C=O) groups is 1. The number of furan rings is 1. The molecule has 0 aliphatic rings. The van der Waals surface area contributed by atoms with Gasteiger partial charge in [0.1, 0.15) is 5.76 Å². The van der Waals surface area contributed by atoms with Crippen molar-refractivity contribution in [3.05, 3.63) is 17.6 Å². The van der Waals surface area contributed by atoms with Gasteiger partial charge >= 0.3 is 5.97 Å². The van der Waals surface area contributed by atoms with Crippen LogP contribution in [0.4, 0.5) is 5.69 Å². The fraction of sp³-hybridized carbons (Fsp3) is 0.500. The number of methoxy groups -OCH3 is 1. The molecular weight excluding hydrogens is 182 g/mol. The van der Waals surface area contributed by atoms with Gasteiger partial charge in [-0.25, -0.2) is 4.79 Å². The van der Waals surface area contributed by atoms with Gasteiger partial charge in [0.15, 0.2) is 0 Å². The molecule has 1 heterocycles. The first-order valence-corrected chi connectivity index (χ1v) is 4.34. The van der Waals surface area contributed by atoms with Gasteiger partial charge in [0, 0.05) is 11.5 Å². The highest BCUT2D eigenvalue weighted by Gasteiger charge is 2.24. The van der Waals surface area contributed by atoms with E-state index >= 15 is 0 Å². The summed E-state index contributed by atoms with van der Waals surface area (Å²) < 4.78 is 9.86. The summed E-state index contributed by atoms with van der Waals surface area (Å²) in [4.78, 5) is 11.2. The van der Waals surface area contributed by atoms with Gasteiger partial charge in [-0.15, -0.1) is 0 Å². The fourth-order valence-corrected chi connectivity index (χ4v) is 1.03. The Bertz CT molecular complexity index is 347. The fourth-order valence-electron chi connectivity index (χ4n) is 1.03. The quantitative estimate of drug-likeness (QED) is 0.699. The van der Waals surface area contributed by atoms with E-state index in [1.165, 1.54) is 7.11 Å². The lowest BCUT2D eigenvalue weighted by molar-refractivity contribution is 0.0563. The van der Waals surface area contributed by atoms with Crippen LogP contribution in [0.1, 0.15) is 37.1 Å². The first-order chi connectivity index (χ1) is 6.36. The van der Waals surface area contributed by atoms with E-state index in [0.717, 1.165) is 0 Å². The molecule has 0 atom stereocenters. The van der Waals surface area contributed by atoms with Crippen molar-refractivity contribution < 1.29 is 13.9 Å². The molecule has 78 valence electrons. The summed E-state index contributed by atoms with van der Waals surface area (Å²) in [5, 5.41) is 0. The highest BCUT2D eigenvalue weighted by Crippen LogP contribution is 2.28. The molecule has 0 spiro atoms. The van der Waals surface area contributed by atoms with Crippen LogP contribution in [0.2, 0.25) is 0 Å². The largest absolute Gasteiger partial charge is 0.463 e. The summed E-state index contributed by atoms with van der Waals surface area (Å²) >= 11 is 0. The van der Waals surface area contributed by atoms with Gasteiger partial charge in [-0.3, -0.25) is 0 Å². The molecule has 1 aromatic rings. The molecule has 1 rings (SSSR count). The van der Waals surface area contributed by atoms with Gasteiger partial charge in [-0.05, 0) is 0 Å². The highest BCUT2D eigenvalue weighted by atomic mass is 16.5. The maximum atomic E-state index is 11.2. The van der Waals surface area contributed by atoms with Crippen molar-refractivity contribution in [1.29, 1.82) is 0 Å². The van der Waals surface area contributed by atoms with E-state index in [1.807, 2.05) is 20.8 Å². The molecule has 2 N–H and O–H groups in total. The minimum absolute atomic E-state index is 0.0809. The molecule has 0 fully saturated rings. The molecule has 0 aliphatic carbocycles. The van der Waals surface area contributed by atoms with Gasteiger partial charge in [-0.1, -0.05) is 20.8 Å². The number of nitrogen functional groups attached to an aromatic ring is 1. The molecule has 0 bridgehead atoms. The Kier molecular flexibility index (Phi) is 2.55. The summed E-state index contributed by atoms with van der Waals surface area (Å²) in [5.41, 5.74) is 5.77. The van der Waals surface area contributed by atoms with E-state index in [9.17, 15) is 4.79 Å². The zero-order valence-electron chi connectivity index (χ0n) is 8.88. The summed E-state index contributed by atoms with van der Waals surface area (Å²) in [6.07, 6.45) is 0. The predicted molar refractivity (Wildman–Crippen MR) is 53.2 cm³/mol. The summed E-state index contributed by atoms with van der Waals surface area (Å²) in [6, 6.07) is 1.66. The molecule has 14 heavy (non-hydrogen) atoms. The number of carbonyl (C=O) groups excluding carboxylic acids is 1. The van der Waals surface area contributed by atoms with Crippen LogP contribution in [0, 0.1) is 0 Å². The van der Waals surface area contributed by atoms with Crippen LogP contribution < -0.4 is 5.73 Å². The van der Waals surface area contributed by atoms with Gasteiger partial charge in [0.25, 0.3) is 0 Å². The average Bonchev–Trinajstić information content (AvgIpc) is 2.45.